The normalized spacial score (nSPS) is 10.5. The van der Waals surface area contributed by atoms with Crippen LogP contribution in [0.25, 0.3) is 11.1 Å². The Morgan fingerprint density at radius 1 is 1.14 bits per heavy atom. The van der Waals surface area contributed by atoms with Crippen molar-refractivity contribution >= 4 is 12.2 Å². The zero-order valence-corrected chi connectivity index (χ0v) is 15.1. The molecule has 28 heavy (non-hydrogen) atoms. The number of hydrogen-bond acceptors (Lipinski definition) is 5. The van der Waals surface area contributed by atoms with E-state index < -0.39 is 11.7 Å². The summed E-state index contributed by atoms with van der Waals surface area (Å²) in [5.41, 5.74) is 1.97. The molecule has 2 aromatic carbocycles. The maximum absolute atomic E-state index is 14.6. The van der Waals surface area contributed by atoms with Crippen LogP contribution in [0.3, 0.4) is 0 Å². The Morgan fingerprint density at radius 2 is 1.89 bits per heavy atom. The number of benzene rings is 2. The minimum atomic E-state index is -0.698. The highest BCUT2D eigenvalue weighted by Crippen LogP contribution is 2.24. The van der Waals surface area contributed by atoms with Crippen LogP contribution in [0.4, 0.5) is 4.39 Å². The van der Waals surface area contributed by atoms with Crippen molar-refractivity contribution in [3.05, 3.63) is 77.1 Å². The van der Waals surface area contributed by atoms with Gasteiger partial charge in [0.25, 0.3) is 5.91 Å². The fourth-order valence-corrected chi connectivity index (χ4v) is 2.75. The molecule has 0 aliphatic rings. The first-order valence-electron chi connectivity index (χ1n) is 8.61. The second kappa shape index (κ2) is 8.39. The standard InChI is InChI=1S/C21H18FN3O3/c1-13-20(27)19(21(28)23-9-10-26)25-18(24-13)12-16-8-7-15(11-17(16)22)14-5-3-2-4-6-14/h2-8,10-11,27H,9,12H2,1H3,(H,23,28). The molecule has 0 aliphatic carbocycles. The minimum Gasteiger partial charge on any atom is -0.504 e. The number of carbonyl (C=O) groups is 2. The number of rotatable bonds is 6. The summed E-state index contributed by atoms with van der Waals surface area (Å²) in [7, 11) is 0. The van der Waals surface area contributed by atoms with Gasteiger partial charge in [0.2, 0.25) is 0 Å². The van der Waals surface area contributed by atoms with Gasteiger partial charge in [-0.15, -0.1) is 0 Å². The summed E-state index contributed by atoms with van der Waals surface area (Å²) in [4.78, 5) is 30.7. The highest BCUT2D eigenvalue weighted by Gasteiger charge is 2.18. The lowest BCUT2D eigenvalue weighted by Gasteiger charge is -2.10. The summed E-state index contributed by atoms with van der Waals surface area (Å²) < 4.78 is 14.6. The lowest BCUT2D eigenvalue weighted by atomic mass is 10.0. The third kappa shape index (κ3) is 4.20. The Labute approximate surface area is 161 Å². The zero-order chi connectivity index (χ0) is 20.1. The van der Waals surface area contributed by atoms with Crippen LogP contribution in [0.1, 0.15) is 27.6 Å². The molecule has 0 aliphatic heterocycles. The molecule has 0 spiro atoms. The van der Waals surface area contributed by atoms with Crippen LogP contribution in [0.15, 0.2) is 48.5 Å². The first-order chi connectivity index (χ1) is 13.5. The predicted octanol–water partition coefficient (Wildman–Crippen LogP) is 2.82. The summed E-state index contributed by atoms with van der Waals surface area (Å²) in [5.74, 6) is -1.29. The molecular formula is C21H18FN3O3. The molecule has 7 heteroatoms. The Kier molecular flexibility index (Phi) is 5.74. The molecule has 6 nitrogen and oxygen atoms in total. The van der Waals surface area contributed by atoms with Crippen molar-refractivity contribution in [3.63, 3.8) is 0 Å². The number of carbonyl (C=O) groups excluding carboxylic acids is 2. The number of nitrogens with zero attached hydrogens (tertiary/aromatic N) is 2. The van der Waals surface area contributed by atoms with Gasteiger partial charge in [-0.05, 0) is 29.7 Å². The molecule has 0 saturated heterocycles. The van der Waals surface area contributed by atoms with Crippen molar-refractivity contribution in [1.29, 1.82) is 0 Å². The minimum absolute atomic E-state index is 0.0516. The van der Waals surface area contributed by atoms with E-state index in [2.05, 4.69) is 15.3 Å². The Bertz CT molecular complexity index is 1020. The van der Waals surface area contributed by atoms with Gasteiger partial charge in [-0.25, -0.2) is 14.4 Å². The smallest absolute Gasteiger partial charge is 0.274 e. The number of amides is 1. The molecule has 3 aromatic rings. The Balaban J connectivity index is 1.88. The number of hydrogen-bond donors (Lipinski definition) is 2. The predicted molar refractivity (Wildman–Crippen MR) is 101 cm³/mol. The SMILES string of the molecule is Cc1nc(Cc2ccc(-c3ccccc3)cc2F)nc(C(=O)NCC=O)c1O. The van der Waals surface area contributed by atoms with Crippen molar-refractivity contribution in [3.8, 4) is 16.9 Å². The number of aryl methyl sites for hydroxylation is 1. The van der Waals surface area contributed by atoms with Crippen molar-refractivity contribution in [1.82, 2.24) is 15.3 Å². The Morgan fingerprint density at radius 3 is 2.57 bits per heavy atom. The number of halogens is 1. The largest absolute Gasteiger partial charge is 0.504 e. The molecule has 142 valence electrons. The van der Waals surface area contributed by atoms with Crippen LogP contribution in [-0.4, -0.2) is 33.8 Å². The molecule has 1 aromatic heterocycles. The molecule has 1 heterocycles. The first kappa shape index (κ1) is 19.2. The van der Waals surface area contributed by atoms with Gasteiger partial charge >= 0.3 is 0 Å². The van der Waals surface area contributed by atoms with E-state index in [-0.39, 0.29) is 35.9 Å². The van der Waals surface area contributed by atoms with E-state index >= 15 is 0 Å². The van der Waals surface area contributed by atoms with Gasteiger partial charge in [0.05, 0.1) is 12.2 Å². The average molecular weight is 379 g/mol. The van der Waals surface area contributed by atoms with Gasteiger partial charge in [-0.1, -0.05) is 42.5 Å². The summed E-state index contributed by atoms with van der Waals surface area (Å²) in [6, 6.07) is 14.3. The number of aromatic nitrogens is 2. The highest BCUT2D eigenvalue weighted by molar-refractivity contribution is 5.95. The first-order valence-corrected chi connectivity index (χ1v) is 8.61. The maximum Gasteiger partial charge on any atom is 0.274 e. The van der Waals surface area contributed by atoms with Crippen LogP contribution < -0.4 is 5.32 Å². The molecule has 0 atom stereocenters. The second-order valence-corrected chi connectivity index (χ2v) is 6.15. The quantitative estimate of drug-likeness (QED) is 0.643. The third-order valence-corrected chi connectivity index (χ3v) is 4.17. The van der Waals surface area contributed by atoms with E-state index in [0.717, 1.165) is 11.1 Å². The van der Waals surface area contributed by atoms with Crippen LogP contribution in [0, 0.1) is 12.7 Å². The molecule has 0 bridgehead atoms. The summed E-state index contributed by atoms with van der Waals surface area (Å²) >= 11 is 0. The van der Waals surface area contributed by atoms with E-state index in [1.165, 1.54) is 13.0 Å². The summed E-state index contributed by atoms with van der Waals surface area (Å²) in [6.07, 6.45) is 0.573. The summed E-state index contributed by atoms with van der Waals surface area (Å²) in [6.45, 7) is 1.32. The fraction of sp³-hybridized carbons (Fsp3) is 0.143. The number of aromatic hydroxyl groups is 1. The highest BCUT2D eigenvalue weighted by atomic mass is 19.1. The van der Waals surface area contributed by atoms with E-state index in [9.17, 15) is 19.1 Å². The van der Waals surface area contributed by atoms with Gasteiger partial charge in [0.15, 0.2) is 11.4 Å². The zero-order valence-electron chi connectivity index (χ0n) is 15.1. The molecule has 1 amide bonds. The number of aldehydes is 1. The lowest BCUT2D eigenvalue weighted by Crippen LogP contribution is -2.27. The third-order valence-electron chi connectivity index (χ3n) is 4.17. The molecular weight excluding hydrogens is 361 g/mol. The molecule has 2 N–H and O–H groups in total. The van der Waals surface area contributed by atoms with Crippen LogP contribution in [0.2, 0.25) is 0 Å². The van der Waals surface area contributed by atoms with Gasteiger partial charge in [-0.2, -0.15) is 0 Å². The van der Waals surface area contributed by atoms with E-state index in [1.54, 1.807) is 12.1 Å². The van der Waals surface area contributed by atoms with Crippen molar-refractivity contribution < 1.29 is 19.1 Å². The number of nitrogens with one attached hydrogen (secondary N) is 1. The second-order valence-electron chi connectivity index (χ2n) is 6.15. The maximum atomic E-state index is 14.6. The van der Waals surface area contributed by atoms with Crippen LogP contribution in [0.5, 0.6) is 5.75 Å². The van der Waals surface area contributed by atoms with E-state index in [1.807, 2.05) is 30.3 Å². The molecule has 3 rings (SSSR count). The monoisotopic (exact) mass is 379 g/mol. The van der Waals surface area contributed by atoms with Crippen molar-refractivity contribution in [2.75, 3.05) is 6.54 Å². The van der Waals surface area contributed by atoms with Crippen LogP contribution in [-0.2, 0) is 11.2 Å². The van der Waals surface area contributed by atoms with E-state index in [4.69, 9.17) is 0 Å². The van der Waals surface area contributed by atoms with Crippen molar-refractivity contribution in [2.45, 2.75) is 13.3 Å². The van der Waals surface area contributed by atoms with Gasteiger partial charge < -0.3 is 15.2 Å². The molecule has 0 radical (unpaired) electrons. The molecule has 0 fully saturated rings. The van der Waals surface area contributed by atoms with Gasteiger partial charge in [-0.3, -0.25) is 4.79 Å². The van der Waals surface area contributed by atoms with E-state index in [0.29, 0.717) is 11.8 Å². The molecule has 0 saturated carbocycles. The van der Waals surface area contributed by atoms with Crippen molar-refractivity contribution in [2.24, 2.45) is 0 Å². The van der Waals surface area contributed by atoms with Gasteiger partial charge in [0, 0.05) is 6.42 Å². The fourth-order valence-electron chi connectivity index (χ4n) is 2.75. The topological polar surface area (TPSA) is 92.2 Å². The summed E-state index contributed by atoms with van der Waals surface area (Å²) in [5, 5.41) is 12.3. The van der Waals surface area contributed by atoms with Gasteiger partial charge in [0.1, 0.15) is 17.9 Å². The van der Waals surface area contributed by atoms with Crippen LogP contribution >= 0.6 is 0 Å². The lowest BCUT2D eigenvalue weighted by molar-refractivity contribution is -0.107. The molecule has 0 unspecified atom stereocenters. The Hall–Kier alpha value is -3.61. The average Bonchev–Trinajstić information content (AvgIpc) is 2.70.